The highest BCUT2D eigenvalue weighted by Gasteiger charge is 2.49. The summed E-state index contributed by atoms with van der Waals surface area (Å²) >= 11 is 0. The molecule has 0 unspecified atom stereocenters. The van der Waals surface area contributed by atoms with Crippen LogP contribution in [0, 0.1) is 20.8 Å². The van der Waals surface area contributed by atoms with Gasteiger partial charge in [-0.3, -0.25) is 0 Å². The molecule has 0 bridgehead atoms. The number of morpholine rings is 2. The van der Waals surface area contributed by atoms with E-state index >= 15 is 0 Å². The zero-order valence-electron chi connectivity index (χ0n) is 42.7. The molecule has 0 atom stereocenters. The topological polar surface area (TPSA) is 37.9 Å². The largest absolute Gasteiger partial charge is 0.378 e. The molecule has 15 rings (SSSR count). The van der Waals surface area contributed by atoms with E-state index in [1.807, 2.05) is 0 Å². The fourth-order valence-electron chi connectivity index (χ4n) is 13.3. The van der Waals surface area contributed by atoms with Gasteiger partial charge in [0.1, 0.15) is 0 Å². The van der Waals surface area contributed by atoms with Crippen molar-refractivity contribution in [2.24, 2.45) is 0 Å². The predicted octanol–water partition coefficient (Wildman–Crippen LogP) is 10.5. The predicted molar refractivity (Wildman–Crippen MR) is 315 cm³/mol. The van der Waals surface area contributed by atoms with E-state index in [-0.39, 0.29) is 13.4 Å². The van der Waals surface area contributed by atoms with Crippen molar-refractivity contribution in [3.63, 3.8) is 0 Å². The van der Waals surface area contributed by atoms with Gasteiger partial charge in [0.15, 0.2) is 0 Å². The number of ether oxygens (including phenoxy) is 2. The molecule has 0 saturated carbocycles. The summed E-state index contributed by atoms with van der Waals surface area (Å²) in [6, 6.07) is 71.8. The molecule has 6 aliphatic rings. The number of anilines is 14. The van der Waals surface area contributed by atoms with Crippen LogP contribution in [0.5, 0.6) is 0 Å². The Labute approximate surface area is 440 Å². The summed E-state index contributed by atoms with van der Waals surface area (Å²) in [5.74, 6) is 0. The first kappa shape index (κ1) is 44.3. The van der Waals surface area contributed by atoms with Gasteiger partial charge >= 0.3 is 0 Å². The number of hydrogen-bond acceptors (Lipinski definition) is 8. The quantitative estimate of drug-likeness (QED) is 0.153. The van der Waals surface area contributed by atoms with E-state index in [1.165, 1.54) is 112 Å². The molecule has 10 heteroatoms. The average Bonchev–Trinajstić information content (AvgIpc) is 3.59. The van der Waals surface area contributed by atoms with E-state index in [4.69, 9.17) is 9.47 Å². The molecule has 0 amide bonds. The zero-order valence-corrected chi connectivity index (χ0v) is 42.7. The Kier molecular flexibility index (Phi) is 10.3. The van der Waals surface area contributed by atoms with Crippen molar-refractivity contribution in [2.75, 3.05) is 82.0 Å². The Morgan fingerprint density at radius 3 is 1.19 bits per heavy atom. The van der Waals surface area contributed by atoms with E-state index in [9.17, 15) is 0 Å². The summed E-state index contributed by atoms with van der Waals surface area (Å²) < 4.78 is 12.0. The van der Waals surface area contributed by atoms with E-state index in [0.29, 0.717) is 26.4 Å². The van der Waals surface area contributed by atoms with Crippen molar-refractivity contribution >= 4 is 126 Å². The number of hydrogen-bond donors (Lipinski definition) is 0. The van der Waals surface area contributed by atoms with Gasteiger partial charge in [-0.2, -0.15) is 0 Å². The molecule has 364 valence electrons. The maximum absolute atomic E-state index is 6.00. The van der Waals surface area contributed by atoms with Crippen LogP contribution < -0.4 is 62.2 Å². The van der Waals surface area contributed by atoms with E-state index in [2.05, 4.69) is 238 Å². The Bertz CT molecular complexity index is 3750. The molecular formula is C65H56B2N6O2. The lowest BCUT2D eigenvalue weighted by atomic mass is 9.30. The highest BCUT2D eigenvalue weighted by atomic mass is 16.5. The van der Waals surface area contributed by atoms with Crippen LogP contribution in [-0.4, -0.2) is 66.0 Å². The maximum atomic E-state index is 6.00. The lowest BCUT2D eigenvalue weighted by Crippen LogP contribution is -2.65. The minimum atomic E-state index is -0.0684. The third kappa shape index (κ3) is 6.99. The van der Waals surface area contributed by atoms with Gasteiger partial charge in [0.05, 0.1) is 26.4 Å². The second-order valence-electron chi connectivity index (χ2n) is 21.1. The fraction of sp³-hybridized carbons (Fsp3) is 0.169. The molecule has 6 aliphatic heterocycles. The van der Waals surface area contributed by atoms with Crippen LogP contribution in [0.15, 0.2) is 188 Å². The molecule has 0 aliphatic carbocycles. The van der Waals surface area contributed by atoms with Gasteiger partial charge in [-0.1, -0.05) is 97.1 Å². The summed E-state index contributed by atoms with van der Waals surface area (Å²) in [4.78, 5) is 15.3. The zero-order chi connectivity index (χ0) is 49.9. The molecule has 8 nitrogen and oxygen atoms in total. The number of aryl methyl sites for hydroxylation is 3. The summed E-state index contributed by atoms with van der Waals surface area (Å²) in [6.07, 6.45) is 0. The van der Waals surface area contributed by atoms with E-state index in [1.54, 1.807) is 0 Å². The third-order valence-corrected chi connectivity index (χ3v) is 16.6. The second kappa shape index (κ2) is 17.5. The first-order chi connectivity index (χ1) is 36.9. The van der Waals surface area contributed by atoms with Crippen molar-refractivity contribution in [1.29, 1.82) is 0 Å². The first-order valence-corrected chi connectivity index (χ1v) is 26.8. The summed E-state index contributed by atoms with van der Waals surface area (Å²) in [6.45, 7) is 12.7. The van der Waals surface area contributed by atoms with Gasteiger partial charge in [-0.05, 0) is 161 Å². The molecule has 0 aromatic heterocycles. The van der Waals surface area contributed by atoms with E-state index in [0.717, 1.165) is 43.2 Å². The van der Waals surface area contributed by atoms with Crippen molar-refractivity contribution in [2.45, 2.75) is 20.8 Å². The van der Waals surface area contributed by atoms with Crippen molar-refractivity contribution in [3.05, 3.63) is 205 Å². The molecule has 9 aromatic rings. The maximum Gasteiger partial charge on any atom is 0.252 e. The lowest BCUT2D eigenvalue weighted by molar-refractivity contribution is 0.122. The molecule has 0 N–H and O–H groups in total. The second-order valence-corrected chi connectivity index (χ2v) is 21.1. The molecular weight excluding hydrogens is 918 g/mol. The normalized spacial score (nSPS) is 16.0. The smallest absolute Gasteiger partial charge is 0.252 e. The van der Waals surface area contributed by atoms with Crippen molar-refractivity contribution in [3.8, 4) is 0 Å². The Hall–Kier alpha value is -8.17. The highest BCUT2D eigenvalue weighted by molar-refractivity contribution is 7.03. The number of rotatable bonds is 6. The van der Waals surface area contributed by atoms with Crippen LogP contribution in [0.25, 0.3) is 0 Å². The van der Waals surface area contributed by atoms with Crippen molar-refractivity contribution in [1.82, 2.24) is 0 Å². The third-order valence-electron chi connectivity index (χ3n) is 16.6. The monoisotopic (exact) mass is 974 g/mol. The van der Waals surface area contributed by atoms with Gasteiger partial charge in [-0.25, -0.2) is 0 Å². The first-order valence-electron chi connectivity index (χ1n) is 26.8. The van der Waals surface area contributed by atoms with Crippen LogP contribution in [-0.2, 0) is 9.47 Å². The average molecular weight is 975 g/mol. The molecule has 75 heavy (non-hydrogen) atoms. The van der Waals surface area contributed by atoms with Crippen LogP contribution in [0.3, 0.4) is 0 Å². The SMILES string of the molecule is Cc1cccc(N2c3cc(C)ccc3B3c4cc5c(cc4N(c4cccc(C)c4)c4cc(N6CCOCC6)cc2c43)N(c2ccccc2)c2cc(N3CCOCC3)cc3c2B5c2ccccc2N3c2ccccc2)c1. The minimum Gasteiger partial charge on any atom is -0.378 e. The molecule has 0 spiro atoms. The Morgan fingerprint density at radius 1 is 0.293 bits per heavy atom. The summed E-state index contributed by atoms with van der Waals surface area (Å²) in [7, 11) is 0. The number of para-hydroxylation sites is 3. The van der Waals surface area contributed by atoms with Gasteiger partial charge < -0.3 is 38.9 Å². The van der Waals surface area contributed by atoms with Crippen LogP contribution in [0.4, 0.5) is 79.6 Å². The van der Waals surface area contributed by atoms with Crippen LogP contribution >= 0.6 is 0 Å². The fourth-order valence-corrected chi connectivity index (χ4v) is 13.3. The van der Waals surface area contributed by atoms with Crippen molar-refractivity contribution < 1.29 is 9.47 Å². The standard InChI is InChI=1S/C65H56B2N6O2/c1-43-14-12-20-48(34-43)72-57-36-45(3)24-25-53(57)67-55-41-54-58(42-59(55)73(49-21-13-15-44(2)35-49)63-40-51(39-62(72)65(63)67)69-28-32-75-33-29-69)71(47-18-8-5-9-19-47)61-38-50(68-26-30-74-31-27-68)37-60-64(61)66(54)52-22-10-11-23-56(52)70(60)46-16-6-4-7-17-46/h4-25,34-42H,26-33H2,1-3H3. The Morgan fingerprint density at radius 2 is 0.693 bits per heavy atom. The van der Waals surface area contributed by atoms with E-state index < -0.39 is 0 Å². The Balaban J connectivity index is 1.06. The molecule has 2 saturated heterocycles. The van der Waals surface area contributed by atoms with Gasteiger partial charge in [0.25, 0.3) is 13.4 Å². The van der Waals surface area contributed by atoms with Crippen LogP contribution in [0.1, 0.15) is 16.7 Å². The van der Waals surface area contributed by atoms with Gasteiger partial charge in [-0.15, -0.1) is 0 Å². The number of nitrogens with zero attached hydrogens (tertiary/aromatic N) is 6. The summed E-state index contributed by atoms with van der Waals surface area (Å²) in [5.41, 5.74) is 28.2. The minimum absolute atomic E-state index is 0.0629. The number of fused-ring (bicyclic) bond motifs is 8. The lowest BCUT2D eigenvalue weighted by Gasteiger charge is -2.48. The highest BCUT2D eigenvalue weighted by Crippen LogP contribution is 2.50. The molecule has 2 fully saturated rings. The number of benzene rings is 9. The molecule has 6 heterocycles. The molecule has 9 aromatic carbocycles. The summed E-state index contributed by atoms with van der Waals surface area (Å²) in [5, 5.41) is 0. The molecule has 0 radical (unpaired) electrons. The van der Waals surface area contributed by atoms with Gasteiger partial charge in [0.2, 0.25) is 0 Å². The van der Waals surface area contributed by atoms with Crippen LogP contribution in [0.2, 0.25) is 0 Å². The van der Waals surface area contributed by atoms with Gasteiger partial charge in [0, 0.05) is 106 Å².